The smallest absolute Gasteiger partial charge is 0.163 e. The topological polar surface area (TPSA) is 18.5 Å². The molecule has 0 aromatic heterocycles. The van der Waals surface area contributed by atoms with Gasteiger partial charge in [0.2, 0.25) is 0 Å². The average Bonchev–Trinajstić information content (AvgIpc) is 1.81. The average molecular weight is 158 g/mol. The Hall–Kier alpha value is -0.0800. The minimum atomic E-state index is -0.397. The Bertz CT molecular complexity index is 128. The summed E-state index contributed by atoms with van der Waals surface area (Å²) in [5, 5.41) is 0. The number of ether oxygens (including phenoxy) is 2. The molecule has 0 aliphatic carbocycles. The van der Waals surface area contributed by atoms with Crippen LogP contribution in [0.15, 0.2) is 0 Å². The zero-order valence-corrected chi connectivity index (χ0v) is 8.05. The lowest BCUT2D eigenvalue weighted by molar-refractivity contribution is -0.311. The van der Waals surface area contributed by atoms with Gasteiger partial charge in [-0.3, -0.25) is 0 Å². The van der Waals surface area contributed by atoms with Crippen molar-refractivity contribution >= 4 is 0 Å². The molecule has 1 saturated heterocycles. The van der Waals surface area contributed by atoms with E-state index in [1.807, 2.05) is 13.8 Å². The van der Waals surface area contributed by atoms with Gasteiger partial charge in [-0.15, -0.1) is 0 Å². The maximum absolute atomic E-state index is 5.63. The van der Waals surface area contributed by atoms with Crippen molar-refractivity contribution in [1.82, 2.24) is 0 Å². The second-order valence-corrected chi connectivity index (χ2v) is 3.90. The standard InChI is InChI=1S/C9H18O2/c1-6-7(2)10-9(4,5)11-8(6)3/h6-8H,1-5H3. The second kappa shape index (κ2) is 2.76. The van der Waals surface area contributed by atoms with Crippen molar-refractivity contribution in [3.05, 3.63) is 0 Å². The molecule has 0 bridgehead atoms. The molecule has 2 unspecified atom stereocenters. The highest BCUT2D eigenvalue weighted by molar-refractivity contribution is 4.76. The normalized spacial score (nSPS) is 43.9. The van der Waals surface area contributed by atoms with Gasteiger partial charge >= 0.3 is 0 Å². The maximum Gasteiger partial charge on any atom is 0.163 e. The van der Waals surface area contributed by atoms with Gasteiger partial charge in [-0.2, -0.15) is 0 Å². The number of hydrogen-bond donors (Lipinski definition) is 0. The number of hydrogen-bond acceptors (Lipinski definition) is 2. The van der Waals surface area contributed by atoms with E-state index in [9.17, 15) is 0 Å². The Kier molecular flexibility index (Phi) is 2.26. The molecular formula is C9H18O2. The van der Waals surface area contributed by atoms with Crippen LogP contribution in [-0.2, 0) is 9.47 Å². The summed E-state index contributed by atoms with van der Waals surface area (Å²) >= 11 is 0. The van der Waals surface area contributed by atoms with Gasteiger partial charge in [0.15, 0.2) is 5.79 Å². The van der Waals surface area contributed by atoms with E-state index in [1.54, 1.807) is 0 Å². The van der Waals surface area contributed by atoms with Gasteiger partial charge in [0.1, 0.15) is 0 Å². The Balaban J connectivity index is 2.62. The minimum absolute atomic E-state index is 0.300. The molecule has 0 spiro atoms. The first-order valence-corrected chi connectivity index (χ1v) is 4.28. The number of rotatable bonds is 0. The van der Waals surface area contributed by atoms with Crippen LogP contribution in [0.25, 0.3) is 0 Å². The van der Waals surface area contributed by atoms with Crippen molar-refractivity contribution in [3.8, 4) is 0 Å². The highest BCUT2D eigenvalue weighted by atomic mass is 16.7. The van der Waals surface area contributed by atoms with Crippen LogP contribution in [0.2, 0.25) is 0 Å². The fourth-order valence-electron chi connectivity index (χ4n) is 1.52. The van der Waals surface area contributed by atoms with Gasteiger partial charge < -0.3 is 9.47 Å². The maximum atomic E-state index is 5.63. The molecule has 11 heavy (non-hydrogen) atoms. The van der Waals surface area contributed by atoms with Crippen LogP contribution in [-0.4, -0.2) is 18.0 Å². The van der Waals surface area contributed by atoms with Crippen LogP contribution in [0.5, 0.6) is 0 Å². The van der Waals surface area contributed by atoms with Crippen LogP contribution in [0.3, 0.4) is 0 Å². The van der Waals surface area contributed by atoms with Gasteiger partial charge in [-0.1, -0.05) is 6.92 Å². The van der Waals surface area contributed by atoms with Crippen LogP contribution in [0.1, 0.15) is 34.6 Å². The molecule has 1 aliphatic heterocycles. The summed E-state index contributed by atoms with van der Waals surface area (Å²) in [7, 11) is 0. The van der Waals surface area contributed by atoms with Crippen molar-refractivity contribution < 1.29 is 9.47 Å². The monoisotopic (exact) mass is 158 g/mol. The van der Waals surface area contributed by atoms with E-state index in [-0.39, 0.29) is 0 Å². The molecule has 2 heteroatoms. The zero-order valence-electron chi connectivity index (χ0n) is 8.05. The quantitative estimate of drug-likeness (QED) is 0.538. The Morgan fingerprint density at radius 2 is 1.27 bits per heavy atom. The van der Waals surface area contributed by atoms with E-state index in [0.29, 0.717) is 18.1 Å². The molecule has 0 amide bonds. The van der Waals surface area contributed by atoms with Crippen molar-refractivity contribution in [2.45, 2.75) is 52.6 Å². The fourth-order valence-corrected chi connectivity index (χ4v) is 1.52. The lowest BCUT2D eigenvalue weighted by Crippen LogP contribution is -2.47. The molecule has 0 aromatic rings. The molecule has 66 valence electrons. The van der Waals surface area contributed by atoms with E-state index >= 15 is 0 Å². The fraction of sp³-hybridized carbons (Fsp3) is 1.00. The molecule has 1 fully saturated rings. The molecule has 2 nitrogen and oxygen atoms in total. The van der Waals surface area contributed by atoms with E-state index in [4.69, 9.17) is 9.47 Å². The van der Waals surface area contributed by atoms with Crippen molar-refractivity contribution in [2.75, 3.05) is 0 Å². The molecular weight excluding hydrogens is 140 g/mol. The van der Waals surface area contributed by atoms with Crippen molar-refractivity contribution in [1.29, 1.82) is 0 Å². The van der Waals surface area contributed by atoms with Crippen LogP contribution < -0.4 is 0 Å². The molecule has 0 N–H and O–H groups in total. The van der Waals surface area contributed by atoms with Gasteiger partial charge in [-0.05, 0) is 27.7 Å². The van der Waals surface area contributed by atoms with Gasteiger partial charge in [-0.25, -0.2) is 0 Å². The molecule has 1 rings (SSSR count). The predicted octanol–water partition coefficient (Wildman–Crippen LogP) is 2.18. The van der Waals surface area contributed by atoms with Gasteiger partial charge in [0.25, 0.3) is 0 Å². The van der Waals surface area contributed by atoms with Gasteiger partial charge in [0.05, 0.1) is 12.2 Å². The summed E-state index contributed by atoms with van der Waals surface area (Å²) in [5.74, 6) is 0.0914. The van der Waals surface area contributed by atoms with Crippen molar-refractivity contribution in [3.63, 3.8) is 0 Å². The summed E-state index contributed by atoms with van der Waals surface area (Å²) in [6.07, 6.45) is 0.600. The lowest BCUT2D eigenvalue weighted by atomic mass is 9.98. The largest absolute Gasteiger partial charge is 0.347 e. The summed E-state index contributed by atoms with van der Waals surface area (Å²) in [4.78, 5) is 0. The molecule has 1 aliphatic rings. The van der Waals surface area contributed by atoms with E-state index < -0.39 is 5.79 Å². The third-order valence-corrected chi connectivity index (χ3v) is 2.42. The van der Waals surface area contributed by atoms with Crippen LogP contribution in [0, 0.1) is 5.92 Å². The Morgan fingerprint density at radius 1 is 0.909 bits per heavy atom. The lowest BCUT2D eigenvalue weighted by Gasteiger charge is -2.42. The van der Waals surface area contributed by atoms with Gasteiger partial charge in [0, 0.05) is 5.92 Å². The molecule has 0 aromatic carbocycles. The molecule has 0 radical (unpaired) electrons. The summed E-state index contributed by atoms with van der Waals surface area (Å²) in [5.41, 5.74) is 0. The summed E-state index contributed by atoms with van der Waals surface area (Å²) in [6.45, 7) is 10.3. The van der Waals surface area contributed by atoms with Crippen molar-refractivity contribution in [2.24, 2.45) is 5.92 Å². The summed E-state index contributed by atoms with van der Waals surface area (Å²) < 4.78 is 11.3. The first-order valence-electron chi connectivity index (χ1n) is 4.28. The first kappa shape index (κ1) is 9.01. The third kappa shape index (κ3) is 1.94. The zero-order chi connectivity index (χ0) is 8.65. The third-order valence-electron chi connectivity index (χ3n) is 2.42. The van der Waals surface area contributed by atoms with Crippen LogP contribution in [0.4, 0.5) is 0 Å². The predicted molar refractivity (Wildman–Crippen MR) is 44.3 cm³/mol. The minimum Gasteiger partial charge on any atom is -0.347 e. The highest BCUT2D eigenvalue weighted by Gasteiger charge is 2.36. The Labute approximate surface area is 68.9 Å². The van der Waals surface area contributed by atoms with E-state index in [0.717, 1.165) is 0 Å². The molecule has 1 heterocycles. The highest BCUT2D eigenvalue weighted by Crippen LogP contribution is 2.30. The van der Waals surface area contributed by atoms with E-state index in [1.165, 1.54) is 0 Å². The Morgan fingerprint density at radius 3 is 1.64 bits per heavy atom. The summed E-state index contributed by atoms with van der Waals surface area (Å²) in [6, 6.07) is 0. The molecule has 2 atom stereocenters. The van der Waals surface area contributed by atoms with E-state index in [2.05, 4.69) is 20.8 Å². The SMILES string of the molecule is CC1OC(C)(C)OC(C)C1C. The first-order chi connectivity index (χ1) is 4.92. The van der Waals surface area contributed by atoms with Crippen LogP contribution >= 0.6 is 0 Å². The second-order valence-electron chi connectivity index (χ2n) is 3.90. The molecule has 0 saturated carbocycles.